The van der Waals surface area contributed by atoms with E-state index in [0.29, 0.717) is 33.3 Å². The molecule has 10 heteroatoms. The predicted octanol–water partition coefficient (Wildman–Crippen LogP) is 3.87. The summed E-state index contributed by atoms with van der Waals surface area (Å²) in [6.07, 6.45) is 5.20. The highest BCUT2D eigenvalue weighted by molar-refractivity contribution is 9.10. The van der Waals surface area contributed by atoms with Crippen molar-refractivity contribution in [2.45, 2.75) is 11.8 Å². The third kappa shape index (κ3) is 2.98. The molecule has 154 valence electrons. The normalized spacial score (nSPS) is 11.9. The maximum Gasteiger partial charge on any atom is 0.269 e. The lowest BCUT2D eigenvalue weighted by atomic mass is 10.2. The van der Waals surface area contributed by atoms with Crippen LogP contribution in [0, 0.1) is 6.92 Å². The summed E-state index contributed by atoms with van der Waals surface area (Å²) in [6.45, 7) is 1.89. The topological polar surface area (TPSA) is 99.2 Å². The highest BCUT2D eigenvalue weighted by atomic mass is 79.9. The van der Waals surface area contributed by atoms with Crippen LogP contribution in [0.3, 0.4) is 0 Å². The van der Waals surface area contributed by atoms with Crippen LogP contribution >= 0.6 is 15.9 Å². The van der Waals surface area contributed by atoms with Gasteiger partial charge in [0.05, 0.1) is 22.1 Å². The van der Waals surface area contributed by atoms with Gasteiger partial charge in [-0.3, -0.25) is 14.2 Å². The quantitative estimate of drug-likeness (QED) is 0.351. The van der Waals surface area contributed by atoms with Gasteiger partial charge in [-0.1, -0.05) is 17.7 Å². The molecule has 0 radical (unpaired) electrons. The number of benzene rings is 1. The Hall–Kier alpha value is -3.37. The Morgan fingerprint density at radius 1 is 1.03 bits per heavy atom. The number of imidazole rings is 1. The third-order valence-corrected chi connectivity index (χ3v) is 7.26. The molecule has 31 heavy (non-hydrogen) atoms. The highest BCUT2D eigenvalue weighted by Crippen LogP contribution is 2.31. The van der Waals surface area contributed by atoms with E-state index < -0.39 is 10.0 Å². The minimum absolute atomic E-state index is 0.167. The van der Waals surface area contributed by atoms with E-state index >= 15 is 0 Å². The van der Waals surface area contributed by atoms with Crippen molar-refractivity contribution in [3.05, 3.63) is 76.9 Å². The van der Waals surface area contributed by atoms with Gasteiger partial charge in [-0.15, -0.1) is 0 Å². The average molecular weight is 496 g/mol. The minimum Gasteiger partial charge on any atom is -0.296 e. The molecule has 0 aliphatic carbocycles. The molecule has 0 saturated carbocycles. The number of fused-ring (bicyclic) bond motifs is 3. The molecule has 0 unspecified atom stereocenters. The van der Waals surface area contributed by atoms with Gasteiger partial charge >= 0.3 is 0 Å². The first kappa shape index (κ1) is 19.6. The zero-order valence-electron chi connectivity index (χ0n) is 16.1. The Balaban J connectivity index is 1.81. The van der Waals surface area contributed by atoms with E-state index in [1.54, 1.807) is 53.1 Å². The molecule has 0 spiro atoms. The molecule has 8 nitrogen and oxygen atoms in total. The highest BCUT2D eigenvalue weighted by Gasteiger charge is 2.23. The molecule has 0 aliphatic heterocycles. The van der Waals surface area contributed by atoms with E-state index in [4.69, 9.17) is 0 Å². The fraction of sp³-hybridized carbons (Fsp3) is 0.0476. The summed E-state index contributed by atoms with van der Waals surface area (Å²) in [4.78, 5) is 24.7. The number of hydrogen-bond acceptors (Lipinski definition) is 6. The monoisotopic (exact) mass is 495 g/mol. The number of carbonyl (C=O) groups excluding carboxylic acids is 1. The van der Waals surface area contributed by atoms with E-state index in [2.05, 4.69) is 30.9 Å². The molecule has 0 bridgehead atoms. The van der Waals surface area contributed by atoms with Crippen LogP contribution < -0.4 is 0 Å². The molecular formula is C21H14BrN5O3S. The van der Waals surface area contributed by atoms with Gasteiger partial charge in [-0.2, -0.15) is 0 Å². The van der Waals surface area contributed by atoms with Crippen LogP contribution in [0.1, 0.15) is 16.1 Å². The van der Waals surface area contributed by atoms with Gasteiger partial charge in [0.2, 0.25) is 0 Å². The first-order chi connectivity index (χ1) is 14.9. The summed E-state index contributed by atoms with van der Waals surface area (Å²) >= 11 is 3.43. The van der Waals surface area contributed by atoms with Gasteiger partial charge in [0, 0.05) is 18.0 Å². The van der Waals surface area contributed by atoms with Crippen molar-refractivity contribution in [2.24, 2.45) is 0 Å². The Bertz CT molecular complexity index is 1590. The first-order valence-electron chi connectivity index (χ1n) is 9.18. The lowest BCUT2D eigenvalue weighted by Gasteiger charge is -2.08. The summed E-state index contributed by atoms with van der Waals surface area (Å²) in [5.74, 6) is 0.454. The molecule has 0 amide bonds. The Labute approximate surface area is 185 Å². The lowest BCUT2D eigenvalue weighted by Crippen LogP contribution is -2.12. The molecule has 0 atom stereocenters. The maximum absolute atomic E-state index is 13.2. The molecule has 0 N–H and O–H groups in total. The third-order valence-electron chi connectivity index (χ3n) is 4.99. The zero-order valence-corrected chi connectivity index (χ0v) is 18.5. The van der Waals surface area contributed by atoms with Gasteiger partial charge in [-0.05, 0) is 53.2 Å². The van der Waals surface area contributed by atoms with Crippen LogP contribution in [0.4, 0.5) is 0 Å². The van der Waals surface area contributed by atoms with E-state index in [-0.39, 0.29) is 16.2 Å². The van der Waals surface area contributed by atoms with Crippen LogP contribution in [-0.4, -0.2) is 38.0 Å². The van der Waals surface area contributed by atoms with Gasteiger partial charge in [0.1, 0.15) is 16.1 Å². The molecular weight excluding hydrogens is 482 g/mol. The number of carbonyl (C=O) groups is 1. The number of nitrogens with zero attached hydrogens (tertiary/aromatic N) is 5. The number of pyridine rings is 1. The number of rotatable bonds is 4. The van der Waals surface area contributed by atoms with Gasteiger partial charge in [0.25, 0.3) is 10.0 Å². The lowest BCUT2D eigenvalue weighted by molar-refractivity contribution is 0.111. The smallest absolute Gasteiger partial charge is 0.269 e. The summed E-state index contributed by atoms with van der Waals surface area (Å²) in [5, 5.41) is 0. The summed E-state index contributed by atoms with van der Waals surface area (Å²) in [7, 11) is -3.85. The first-order valence-corrected chi connectivity index (χ1v) is 11.4. The maximum atomic E-state index is 13.2. The minimum atomic E-state index is -3.85. The van der Waals surface area contributed by atoms with Crippen molar-refractivity contribution in [2.75, 3.05) is 0 Å². The fourth-order valence-corrected chi connectivity index (χ4v) is 5.22. The van der Waals surface area contributed by atoms with Crippen LogP contribution in [0.2, 0.25) is 0 Å². The summed E-state index contributed by atoms with van der Waals surface area (Å²) in [5.41, 5.74) is 3.14. The molecule has 0 aliphatic rings. The number of halogens is 1. The van der Waals surface area contributed by atoms with Gasteiger partial charge in [-0.25, -0.2) is 22.4 Å². The summed E-state index contributed by atoms with van der Waals surface area (Å²) in [6, 6.07) is 11.8. The van der Waals surface area contributed by atoms with Gasteiger partial charge < -0.3 is 0 Å². The molecule has 0 fully saturated rings. The molecule has 0 saturated heterocycles. The van der Waals surface area contributed by atoms with Crippen molar-refractivity contribution >= 4 is 48.9 Å². The summed E-state index contributed by atoms with van der Waals surface area (Å²) < 4.78 is 29.9. The fourth-order valence-electron chi connectivity index (χ4n) is 3.48. The second kappa shape index (κ2) is 7.10. The van der Waals surface area contributed by atoms with E-state index in [9.17, 15) is 13.2 Å². The average Bonchev–Trinajstić information content (AvgIpc) is 3.35. The van der Waals surface area contributed by atoms with Crippen LogP contribution in [0.5, 0.6) is 0 Å². The number of aldehydes is 1. The second-order valence-corrected chi connectivity index (χ2v) is 9.46. The zero-order chi connectivity index (χ0) is 21.8. The van der Waals surface area contributed by atoms with Crippen LogP contribution in [-0.2, 0) is 10.0 Å². The van der Waals surface area contributed by atoms with E-state index in [0.717, 1.165) is 9.54 Å². The van der Waals surface area contributed by atoms with Crippen LogP contribution in [0.15, 0.2) is 70.6 Å². The Morgan fingerprint density at radius 2 is 1.81 bits per heavy atom. The number of aryl methyl sites for hydroxylation is 1. The standard InChI is InChI=1S/C21H14BrN5O3S/c1-13-4-6-14(7-5-13)31(29,30)26-10-8-17-21(26)24-11-18-19(22)25-20(27(17)18)15-3-2-9-23-16(15)12-28/h2-12H,1H3. The van der Waals surface area contributed by atoms with Crippen molar-refractivity contribution < 1.29 is 13.2 Å². The van der Waals surface area contributed by atoms with Gasteiger partial charge in [0.15, 0.2) is 11.9 Å². The van der Waals surface area contributed by atoms with E-state index in [1.165, 1.54) is 12.4 Å². The SMILES string of the molecule is Cc1ccc(S(=O)(=O)n2ccc3c2ncc2c(Br)nc(-c4cccnc4C=O)n23)cc1. The predicted molar refractivity (Wildman–Crippen MR) is 119 cm³/mol. The molecule has 5 aromatic rings. The van der Waals surface area contributed by atoms with Crippen molar-refractivity contribution in [3.63, 3.8) is 0 Å². The Morgan fingerprint density at radius 3 is 2.55 bits per heavy atom. The van der Waals surface area contributed by atoms with E-state index in [1.807, 2.05) is 6.92 Å². The molecule has 4 heterocycles. The van der Waals surface area contributed by atoms with Crippen LogP contribution in [0.25, 0.3) is 28.1 Å². The van der Waals surface area contributed by atoms with Crippen molar-refractivity contribution in [1.29, 1.82) is 0 Å². The van der Waals surface area contributed by atoms with Crippen molar-refractivity contribution in [3.8, 4) is 11.4 Å². The molecule has 4 aromatic heterocycles. The number of hydrogen-bond donors (Lipinski definition) is 0. The molecule has 5 rings (SSSR count). The number of aromatic nitrogens is 5. The largest absolute Gasteiger partial charge is 0.296 e. The van der Waals surface area contributed by atoms with Crippen molar-refractivity contribution in [1.82, 2.24) is 23.3 Å². The Kier molecular flexibility index (Phi) is 4.49. The second-order valence-electron chi connectivity index (χ2n) is 6.90. The molecule has 1 aromatic carbocycles.